The van der Waals surface area contributed by atoms with Crippen LogP contribution in [0.3, 0.4) is 0 Å². The number of carbonyl (C=O) groups excluding carboxylic acids is 1. The Morgan fingerprint density at radius 1 is 1.50 bits per heavy atom. The summed E-state index contributed by atoms with van der Waals surface area (Å²) in [6.45, 7) is 5.72. The zero-order valence-corrected chi connectivity index (χ0v) is 12.2. The lowest BCUT2D eigenvalue weighted by Crippen LogP contribution is -2.15. The molecule has 114 valence electrons. The largest absolute Gasteiger partial charge is 0.396 e. The van der Waals surface area contributed by atoms with Gasteiger partial charge in [0.1, 0.15) is 5.78 Å². The number of aliphatic hydroxyl groups excluding tert-OH is 1. The second-order valence-electron chi connectivity index (χ2n) is 5.55. The van der Waals surface area contributed by atoms with E-state index >= 15 is 0 Å². The Bertz CT molecular complexity index is 343. The summed E-state index contributed by atoms with van der Waals surface area (Å²) in [5, 5.41) is 11.9. The van der Waals surface area contributed by atoms with Gasteiger partial charge in [0.05, 0.1) is 18.2 Å². The van der Waals surface area contributed by atoms with Crippen LogP contribution in [-0.2, 0) is 9.53 Å². The molecule has 0 aromatic carbocycles. The van der Waals surface area contributed by atoms with Gasteiger partial charge in [0.25, 0.3) is 0 Å². The van der Waals surface area contributed by atoms with E-state index in [1.807, 2.05) is 0 Å². The first-order chi connectivity index (χ1) is 9.56. The van der Waals surface area contributed by atoms with E-state index in [1.165, 1.54) is 6.92 Å². The van der Waals surface area contributed by atoms with Gasteiger partial charge in [-0.3, -0.25) is 0 Å². The van der Waals surface area contributed by atoms with Crippen molar-refractivity contribution >= 4 is 5.78 Å². The van der Waals surface area contributed by atoms with Crippen LogP contribution in [0.2, 0.25) is 0 Å². The highest BCUT2D eigenvalue weighted by atomic mass is 16.5. The van der Waals surface area contributed by atoms with Gasteiger partial charge in [-0.15, -0.1) is 0 Å². The molecule has 0 saturated carbocycles. The Labute approximate surface area is 120 Å². The van der Waals surface area contributed by atoms with Crippen LogP contribution in [0.25, 0.3) is 0 Å². The van der Waals surface area contributed by atoms with E-state index in [-0.39, 0.29) is 30.6 Å². The fourth-order valence-corrected chi connectivity index (χ4v) is 2.53. The Balaban J connectivity index is 2.31. The average Bonchev–Trinajstić information content (AvgIpc) is 2.77. The smallest absolute Gasteiger partial charge is 0.129 e. The molecule has 1 aliphatic heterocycles. The first kappa shape index (κ1) is 17.0. The summed E-state index contributed by atoms with van der Waals surface area (Å²) in [6, 6.07) is -0.313. The summed E-state index contributed by atoms with van der Waals surface area (Å²) in [6.07, 6.45) is 4.81. The highest BCUT2D eigenvalue weighted by Gasteiger charge is 2.28. The van der Waals surface area contributed by atoms with Crippen molar-refractivity contribution in [3.05, 3.63) is 17.1 Å². The summed E-state index contributed by atoms with van der Waals surface area (Å²) in [7, 11) is 0. The monoisotopic (exact) mass is 283 g/mol. The molecule has 5 heteroatoms. The van der Waals surface area contributed by atoms with Gasteiger partial charge in [-0.2, -0.15) is 4.91 Å². The SMILES string of the molecule is C=C1CC(CCCO)O[C@H]1CCC(CCC(C)=O)N=O. The van der Waals surface area contributed by atoms with Gasteiger partial charge in [0.2, 0.25) is 0 Å². The highest BCUT2D eigenvalue weighted by Crippen LogP contribution is 2.30. The summed E-state index contributed by atoms with van der Waals surface area (Å²) >= 11 is 0. The predicted molar refractivity (Wildman–Crippen MR) is 77.5 cm³/mol. The molecular formula is C15H25NO4. The molecule has 5 nitrogen and oxygen atoms in total. The van der Waals surface area contributed by atoms with Crippen molar-refractivity contribution in [1.82, 2.24) is 0 Å². The molecule has 0 aromatic rings. The summed E-state index contributed by atoms with van der Waals surface area (Å²) in [4.78, 5) is 21.7. The van der Waals surface area contributed by atoms with Crippen LogP contribution in [0, 0.1) is 4.91 Å². The van der Waals surface area contributed by atoms with E-state index in [0.717, 1.165) is 31.3 Å². The lowest BCUT2D eigenvalue weighted by molar-refractivity contribution is -0.117. The van der Waals surface area contributed by atoms with Crippen molar-refractivity contribution in [1.29, 1.82) is 0 Å². The third kappa shape index (κ3) is 5.92. The third-order valence-corrected chi connectivity index (χ3v) is 3.73. The summed E-state index contributed by atoms with van der Waals surface area (Å²) in [5.74, 6) is 0.0873. The van der Waals surface area contributed by atoms with E-state index < -0.39 is 0 Å². The predicted octanol–water partition coefficient (Wildman–Crippen LogP) is 2.76. The van der Waals surface area contributed by atoms with Crippen LogP contribution >= 0.6 is 0 Å². The van der Waals surface area contributed by atoms with E-state index in [4.69, 9.17) is 9.84 Å². The number of rotatable bonds is 10. The molecule has 3 atom stereocenters. The van der Waals surface area contributed by atoms with Crippen LogP contribution in [0.4, 0.5) is 0 Å². The van der Waals surface area contributed by atoms with Gasteiger partial charge < -0.3 is 14.6 Å². The molecule has 20 heavy (non-hydrogen) atoms. The van der Waals surface area contributed by atoms with E-state index in [1.54, 1.807) is 0 Å². The molecule has 1 fully saturated rings. The minimum Gasteiger partial charge on any atom is -0.396 e. The molecule has 1 saturated heterocycles. The van der Waals surface area contributed by atoms with Crippen LogP contribution in [-0.4, -0.2) is 35.7 Å². The maximum absolute atomic E-state index is 10.9. The van der Waals surface area contributed by atoms with Crippen molar-refractivity contribution in [2.24, 2.45) is 5.18 Å². The molecular weight excluding hydrogens is 258 g/mol. The number of hydrogen-bond acceptors (Lipinski definition) is 5. The van der Waals surface area contributed by atoms with Crippen molar-refractivity contribution < 1.29 is 14.6 Å². The number of ketones is 1. The Kier molecular flexibility index (Phi) is 7.62. The third-order valence-electron chi connectivity index (χ3n) is 3.73. The first-order valence-corrected chi connectivity index (χ1v) is 7.32. The highest BCUT2D eigenvalue weighted by molar-refractivity contribution is 5.75. The van der Waals surface area contributed by atoms with Crippen molar-refractivity contribution in [3.8, 4) is 0 Å². The Morgan fingerprint density at radius 2 is 2.25 bits per heavy atom. The van der Waals surface area contributed by atoms with Gasteiger partial charge in [0, 0.05) is 13.0 Å². The Hall–Kier alpha value is -1.07. The number of hydrogen-bond donors (Lipinski definition) is 1. The van der Waals surface area contributed by atoms with Gasteiger partial charge in [-0.05, 0) is 51.0 Å². The summed E-state index contributed by atoms with van der Waals surface area (Å²) < 4.78 is 5.87. The van der Waals surface area contributed by atoms with Gasteiger partial charge >= 0.3 is 0 Å². The normalized spacial score (nSPS) is 23.8. The molecule has 0 bridgehead atoms. The van der Waals surface area contributed by atoms with E-state index in [0.29, 0.717) is 19.3 Å². The molecule has 0 radical (unpaired) electrons. The number of aliphatic hydroxyl groups is 1. The molecule has 1 rings (SSSR count). The second kappa shape index (κ2) is 8.97. The van der Waals surface area contributed by atoms with Crippen LogP contribution in [0.5, 0.6) is 0 Å². The van der Waals surface area contributed by atoms with Gasteiger partial charge in [0.15, 0.2) is 0 Å². The fourth-order valence-electron chi connectivity index (χ4n) is 2.53. The van der Waals surface area contributed by atoms with Gasteiger partial charge in [-0.1, -0.05) is 11.8 Å². The molecule has 1 N–H and O–H groups in total. The van der Waals surface area contributed by atoms with E-state index in [9.17, 15) is 9.70 Å². The average molecular weight is 283 g/mol. The summed E-state index contributed by atoms with van der Waals surface area (Å²) in [5.41, 5.74) is 1.06. The first-order valence-electron chi connectivity index (χ1n) is 7.32. The fraction of sp³-hybridized carbons (Fsp3) is 0.800. The van der Waals surface area contributed by atoms with Gasteiger partial charge in [-0.25, -0.2) is 0 Å². The lowest BCUT2D eigenvalue weighted by Gasteiger charge is -2.15. The number of nitroso groups, excluding NO2 is 1. The minimum absolute atomic E-state index is 0.0136. The maximum Gasteiger partial charge on any atom is 0.129 e. The molecule has 0 spiro atoms. The van der Waals surface area contributed by atoms with Crippen molar-refractivity contribution in [3.63, 3.8) is 0 Å². The standard InChI is InChI=1S/C15H25NO4/c1-11-10-14(4-3-9-17)20-15(11)8-7-13(16-19)6-5-12(2)18/h13-15,17H,1,3-10H2,2H3/t13?,14?,15-/m0/s1. The van der Waals surface area contributed by atoms with Crippen LogP contribution < -0.4 is 0 Å². The molecule has 0 aromatic heterocycles. The maximum atomic E-state index is 10.9. The molecule has 1 heterocycles. The Morgan fingerprint density at radius 3 is 2.85 bits per heavy atom. The second-order valence-corrected chi connectivity index (χ2v) is 5.55. The van der Waals surface area contributed by atoms with E-state index in [2.05, 4.69) is 11.8 Å². The minimum atomic E-state index is -0.313. The lowest BCUT2D eigenvalue weighted by atomic mass is 9.99. The molecule has 0 aliphatic carbocycles. The number of ether oxygens (including phenoxy) is 1. The molecule has 0 amide bonds. The molecule has 2 unspecified atom stereocenters. The quantitative estimate of drug-likeness (QED) is 0.494. The topological polar surface area (TPSA) is 76.0 Å². The zero-order chi connectivity index (χ0) is 15.0. The van der Waals surface area contributed by atoms with Crippen molar-refractivity contribution in [2.45, 2.75) is 70.1 Å². The van der Waals surface area contributed by atoms with Crippen LogP contribution in [0.1, 0.15) is 51.9 Å². The number of carbonyl (C=O) groups is 1. The zero-order valence-electron chi connectivity index (χ0n) is 12.2. The number of Topliss-reactive ketones (excluding diaryl/α,β-unsaturated/α-hetero) is 1. The molecule has 1 aliphatic rings. The van der Waals surface area contributed by atoms with Crippen molar-refractivity contribution in [2.75, 3.05) is 6.61 Å². The number of nitrogens with zero attached hydrogens (tertiary/aromatic N) is 1. The van der Waals surface area contributed by atoms with Crippen LogP contribution in [0.15, 0.2) is 17.3 Å².